The Kier molecular flexibility index (Phi) is 7.21. The van der Waals surface area contributed by atoms with E-state index in [1.54, 1.807) is 54.5 Å². The summed E-state index contributed by atoms with van der Waals surface area (Å²) >= 11 is 0. The van der Waals surface area contributed by atoms with Crippen molar-refractivity contribution in [2.45, 2.75) is 26.9 Å². The number of hydrogen-bond acceptors (Lipinski definition) is 7. The van der Waals surface area contributed by atoms with Crippen LogP contribution in [0.25, 0.3) is 0 Å². The lowest BCUT2D eigenvalue weighted by Gasteiger charge is -2.35. The Morgan fingerprint density at radius 3 is 2.40 bits per heavy atom. The summed E-state index contributed by atoms with van der Waals surface area (Å²) < 4.78 is 11.1. The van der Waals surface area contributed by atoms with E-state index in [9.17, 15) is 9.59 Å². The van der Waals surface area contributed by atoms with E-state index in [1.807, 2.05) is 4.90 Å². The molecule has 0 spiro atoms. The minimum absolute atomic E-state index is 0.204. The lowest BCUT2D eigenvalue weighted by Crippen LogP contribution is -2.52. The van der Waals surface area contributed by atoms with Crippen LogP contribution in [0.3, 0.4) is 0 Å². The largest absolute Gasteiger partial charge is 0.493 e. The van der Waals surface area contributed by atoms with E-state index in [-0.39, 0.29) is 5.91 Å². The maximum Gasteiger partial charge on any atom is 0.339 e. The second-order valence-electron chi connectivity index (χ2n) is 7.64. The first kappa shape index (κ1) is 21.5. The SMILES string of the molecule is CC(C)COc1cccc(C(=O)OC(C)C(=O)N2CCN(c3ncccn3)CC2)c1. The number of amides is 1. The Hall–Kier alpha value is -3.16. The average Bonchev–Trinajstić information content (AvgIpc) is 2.78. The second-order valence-corrected chi connectivity index (χ2v) is 7.64. The van der Waals surface area contributed by atoms with Crippen molar-refractivity contribution < 1.29 is 19.1 Å². The van der Waals surface area contributed by atoms with Gasteiger partial charge >= 0.3 is 5.97 Å². The van der Waals surface area contributed by atoms with Gasteiger partial charge in [0.25, 0.3) is 5.91 Å². The normalized spacial score (nSPS) is 15.1. The zero-order chi connectivity index (χ0) is 21.5. The van der Waals surface area contributed by atoms with E-state index < -0.39 is 12.1 Å². The van der Waals surface area contributed by atoms with Gasteiger partial charge in [-0.1, -0.05) is 19.9 Å². The number of esters is 1. The third kappa shape index (κ3) is 5.68. The Morgan fingerprint density at radius 2 is 1.73 bits per heavy atom. The molecule has 0 radical (unpaired) electrons. The molecule has 2 heterocycles. The Balaban J connectivity index is 1.52. The van der Waals surface area contributed by atoms with Gasteiger partial charge in [-0.15, -0.1) is 0 Å². The maximum atomic E-state index is 12.7. The Bertz CT molecular complexity index is 851. The quantitative estimate of drug-likeness (QED) is 0.646. The van der Waals surface area contributed by atoms with E-state index in [1.165, 1.54) is 0 Å². The number of nitrogens with zero attached hydrogens (tertiary/aromatic N) is 4. The predicted molar refractivity (Wildman–Crippen MR) is 112 cm³/mol. The summed E-state index contributed by atoms with van der Waals surface area (Å²) in [5.41, 5.74) is 0.363. The predicted octanol–water partition coefficient (Wildman–Crippen LogP) is 2.41. The number of carbonyl (C=O) groups is 2. The standard InChI is InChI=1S/C22H28N4O4/c1-16(2)15-29-19-7-4-6-18(14-19)21(28)30-17(3)20(27)25-10-12-26(13-11-25)22-23-8-5-9-24-22/h4-9,14,16-17H,10-13,15H2,1-3H3. The number of piperazine rings is 1. The molecule has 1 unspecified atom stereocenters. The number of aromatic nitrogens is 2. The Labute approximate surface area is 176 Å². The van der Waals surface area contributed by atoms with Crippen molar-refractivity contribution in [3.8, 4) is 5.75 Å². The van der Waals surface area contributed by atoms with Gasteiger partial charge in [-0.2, -0.15) is 0 Å². The minimum Gasteiger partial charge on any atom is -0.493 e. The van der Waals surface area contributed by atoms with E-state index in [2.05, 4.69) is 23.8 Å². The lowest BCUT2D eigenvalue weighted by atomic mass is 10.2. The van der Waals surface area contributed by atoms with Crippen molar-refractivity contribution in [1.29, 1.82) is 0 Å². The summed E-state index contributed by atoms with van der Waals surface area (Å²) in [6.07, 6.45) is 2.53. The number of carbonyl (C=O) groups excluding carboxylic acids is 2. The van der Waals surface area contributed by atoms with Crippen molar-refractivity contribution in [1.82, 2.24) is 14.9 Å². The molecule has 1 aliphatic rings. The lowest BCUT2D eigenvalue weighted by molar-refractivity contribution is -0.140. The molecule has 0 bridgehead atoms. The highest BCUT2D eigenvalue weighted by Crippen LogP contribution is 2.17. The highest BCUT2D eigenvalue weighted by Gasteiger charge is 2.28. The zero-order valence-corrected chi connectivity index (χ0v) is 17.7. The molecule has 1 fully saturated rings. The van der Waals surface area contributed by atoms with Crippen LogP contribution in [-0.4, -0.2) is 65.6 Å². The molecular weight excluding hydrogens is 384 g/mol. The van der Waals surface area contributed by atoms with Gasteiger partial charge in [0.15, 0.2) is 6.10 Å². The molecule has 0 N–H and O–H groups in total. The van der Waals surface area contributed by atoms with E-state index in [0.717, 1.165) is 0 Å². The van der Waals surface area contributed by atoms with Gasteiger partial charge < -0.3 is 19.3 Å². The average molecular weight is 412 g/mol. The van der Waals surface area contributed by atoms with Crippen LogP contribution in [0.2, 0.25) is 0 Å². The third-order valence-corrected chi connectivity index (χ3v) is 4.71. The van der Waals surface area contributed by atoms with Gasteiger partial charge in [0.05, 0.1) is 12.2 Å². The summed E-state index contributed by atoms with van der Waals surface area (Å²) in [4.78, 5) is 37.4. The van der Waals surface area contributed by atoms with Gasteiger partial charge in [0.1, 0.15) is 5.75 Å². The molecule has 3 rings (SSSR count). The van der Waals surface area contributed by atoms with Crippen molar-refractivity contribution in [2.24, 2.45) is 5.92 Å². The number of benzene rings is 1. The second kappa shape index (κ2) is 10.0. The highest BCUT2D eigenvalue weighted by molar-refractivity contribution is 5.92. The summed E-state index contributed by atoms with van der Waals surface area (Å²) in [6, 6.07) is 8.60. The van der Waals surface area contributed by atoms with Crippen molar-refractivity contribution >= 4 is 17.8 Å². The smallest absolute Gasteiger partial charge is 0.339 e. The maximum absolute atomic E-state index is 12.7. The highest BCUT2D eigenvalue weighted by atomic mass is 16.5. The van der Waals surface area contributed by atoms with Crippen LogP contribution in [-0.2, 0) is 9.53 Å². The number of ether oxygens (including phenoxy) is 2. The number of anilines is 1. The minimum atomic E-state index is -0.864. The summed E-state index contributed by atoms with van der Waals surface area (Å²) in [5.74, 6) is 0.901. The van der Waals surface area contributed by atoms with Crippen LogP contribution >= 0.6 is 0 Å². The topological polar surface area (TPSA) is 84.9 Å². The molecule has 0 saturated carbocycles. The molecule has 30 heavy (non-hydrogen) atoms. The van der Waals surface area contributed by atoms with Gasteiger partial charge in [0, 0.05) is 38.6 Å². The monoisotopic (exact) mass is 412 g/mol. The summed E-state index contributed by atoms with van der Waals surface area (Å²) in [7, 11) is 0. The molecule has 2 aromatic rings. The molecule has 1 aliphatic heterocycles. The van der Waals surface area contributed by atoms with E-state index in [0.29, 0.717) is 56.0 Å². The van der Waals surface area contributed by atoms with E-state index >= 15 is 0 Å². The summed E-state index contributed by atoms with van der Waals surface area (Å²) in [6.45, 7) is 8.59. The third-order valence-electron chi connectivity index (χ3n) is 4.71. The molecule has 8 heteroatoms. The molecule has 8 nitrogen and oxygen atoms in total. The molecule has 1 saturated heterocycles. The van der Waals surface area contributed by atoms with Crippen LogP contribution < -0.4 is 9.64 Å². The molecule has 160 valence electrons. The van der Waals surface area contributed by atoms with Crippen molar-refractivity contribution in [2.75, 3.05) is 37.7 Å². The van der Waals surface area contributed by atoms with Gasteiger partial charge in [-0.3, -0.25) is 4.79 Å². The van der Waals surface area contributed by atoms with E-state index in [4.69, 9.17) is 9.47 Å². The summed E-state index contributed by atoms with van der Waals surface area (Å²) in [5, 5.41) is 0. The van der Waals surface area contributed by atoms with Gasteiger partial charge in [-0.25, -0.2) is 14.8 Å². The molecule has 1 aromatic carbocycles. The molecule has 1 aromatic heterocycles. The van der Waals surface area contributed by atoms with Crippen LogP contribution in [0.4, 0.5) is 5.95 Å². The van der Waals surface area contributed by atoms with Crippen LogP contribution in [0, 0.1) is 5.92 Å². The Morgan fingerprint density at radius 1 is 1.03 bits per heavy atom. The van der Waals surface area contributed by atoms with Crippen LogP contribution in [0.5, 0.6) is 5.75 Å². The van der Waals surface area contributed by atoms with Gasteiger partial charge in [0.2, 0.25) is 5.95 Å². The molecule has 0 aliphatic carbocycles. The fraction of sp³-hybridized carbons (Fsp3) is 0.455. The fourth-order valence-corrected chi connectivity index (χ4v) is 3.09. The van der Waals surface area contributed by atoms with Crippen molar-refractivity contribution in [3.63, 3.8) is 0 Å². The first-order valence-corrected chi connectivity index (χ1v) is 10.2. The van der Waals surface area contributed by atoms with Gasteiger partial charge in [-0.05, 0) is 37.1 Å². The molecular formula is C22H28N4O4. The number of rotatable bonds is 7. The first-order chi connectivity index (χ1) is 14.4. The van der Waals surface area contributed by atoms with Crippen LogP contribution in [0.15, 0.2) is 42.7 Å². The zero-order valence-electron chi connectivity index (χ0n) is 17.7. The molecule has 1 amide bonds. The van der Waals surface area contributed by atoms with Crippen molar-refractivity contribution in [3.05, 3.63) is 48.3 Å². The number of hydrogen-bond donors (Lipinski definition) is 0. The fourth-order valence-electron chi connectivity index (χ4n) is 3.09. The molecule has 1 atom stereocenters. The first-order valence-electron chi connectivity index (χ1n) is 10.2. The van der Waals surface area contributed by atoms with Crippen LogP contribution in [0.1, 0.15) is 31.1 Å².